The highest BCUT2D eigenvalue weighted by Crippen LogP contribution is 2.17. The Morgan fingerprint density at radius 3 is 3.00 bits per heavy atom. The molecular weight excluding hydrogens is 254 g/mol. The van der Waals surface area contributed by atoms with Gasteiger partial charge in [-0.15, -0.1) is 12.4 Å². The number of nitrogens with zero attached hydrogens (tertiary/aromatic N) is 2. The van der Waals surface area contributed by atoms with Gasteiger partial charge in [-0.05, 0) is 33.2 Å². The first kappa shape index (κ1) is 15.4. The minimum absolute atomic E-state index is 0. The standard InChI is InChI=1S/C12H21N3O2.ClH/c1-9(13-2)8-11-14-12(17-15-11)6-5-10-4-3-7-16-10;/h9-10,13H,3-8H2,1-2H3;1H. The lowest BCUT2D eigenvalue weighted by Gasteiger charge is -2.06. The number of hydrogen-bond donors (Lipinski definition) is 1. The summed E-state index contributed by atoms with van der Waals surface area (Å²) >= 11 is 0. The zero-order chi connectivity index (χ0) is 12.1. The van der Waals surface area contributed by atoms with Gasteiger partial charge in [0.05, 0.1) is 6.10 Å². The van der Waals surface area contributed by atoms with Crippen LogP contribution in [-0.4, -0.2) is 35.9 Å². The molecule has 1 saturated heterocycles. The van der Waals surface area contributed by atoms with Crippen LogP contribution in [0.3, 0.4) is 0 Å². The number of ether oxygens (including phenoxy) is 1. The van der Waals surface area contributed by atoms with Crippen molar-refractivity contribution in [2.24, 2.45) is 0 Å². The predicted octanol–water partition coefficient (Wildman–Crippen LogP) is 1.75. The summed E-state index contributed by atoms with van der Waals surface area (Å²) in [7, 11) is 1.93. The van der Waals surface area contributed by atoms with E-state index in [-0.39, 0.29) is 12.4 Å². The van der Waals surface area contributed by atoms with Crippen molar-refractivity contribution in [3.63, 3.8) is 0 Å². The van der Waals surface area contributed by atoms with Gasteiger partial charge in [-0.1, -0.05) is 5.16 Å². The van der Waals surface area contributed by atoms with Gasteiger partial charge in [0.2, 0.25) is 5.89 Å². The summed E-state index contributed by atoms with van der Waals surface area (Å²) in [5.74, 6) is 1.52. The summed E-state index contributed by atoms with van der Waals surface area (Å²) in [5.41, 5.74) is 0. The van der Waals surface area contributed by atoms with E-state index in [9.17, 15) is 0 Å². The Hall–Kier alpha value is -0.650. The van der Waals surface area contributed by atoms with Gasteiger partial charge in [0.15, 0.2) is 5.82 Å². The van der Waals surface area contributed by atoms with Gasteiger partial charge in [0, 0.05) is 25.5 Å². The normalized spacial score (nSPS) is 20.7. The molecule has 104 valence electrons. The molecule has 1 N–H and O–H groups in total. The van der Waals surface area contributed by atoms with E-state index < -0.39 is 0 Å². The van der Waals surface area contributed by atoms with Crippen molar-refractivity contribution in [1.29, 1.82) is 0 Å². The molecule has 6 heteroatoms. The SMILES string of the molecule is CNC(C)Cc1noc(CCC2CCCO2)n1.Cl. The molecule has 0 aliphatic carbocycles. The van der Waals surface area contributed by atoms with Crippen LogP contribution >= 0.6 is 12.4 Å². The number of likely N-dealkylation sites (N-methyl/N-ethyl adjacent to an activating group) is 1. The summed E-state index contributed by atoms with van der Waals surface area (Å²) in [6, 6.07) is 0.374. The van der Waals surface area contributed by atoms with Crippen molar-refractivity contribution in [2.75, 3.05) is 13.7 Å². The van der Waals surface area contributed by atoms with Crippen molar-refractivity contribution in [1.82, 2.24) is 15.5 Å². The van der Waals surface area contributed by atoms with Crippen molar-refractivity contribution in [2.45, 2.75) is 51.2 Å². The molecule has 0 saturated carbocycles. The Balaban J connectivity index is 0.00000162. The van der Waals surface area contributed by atoms with Crippen LogP contribution in [0.2, 0.25) is 0 Å². The molecule has 0 bridgehead atoms. The topological polar surface area (TPSA) is 60.2 Å². The lowest BCUT2D eigenvalue weighted by atomic mass is 10.1. The predicted molar refractivity (Wildman–Crippen MR) is 71.1 cm³/mol. The minimum atomic E-state index is 0. The van der Waals surface area contributed by atoms with Gasteiger partial charge in [0.1, 0.15) is 0 Å². The van der Waals surface area contributed by atoms with E-state index in [2.05, 4.69) is 22.4 Å². The van der Waals surface area contributed by atoms with Gasteiger partial charge in [-0.2, -0.15) is 4.98 Å². The highest BCUT2D eigenvalue weighted by Gasteiger charge is 2.17. The second-order valence-electron chi connectivity index (χ2n) is 4.67. The van der Waals surface area contributed by atoms with Gasteiger partial charge in [-0.3, -0.25) is 0 Å². The molecule has 0 spiro atoms. The monoisotopic (exact) mass is 275 g/mol. The summed E-state index contributed by atoms with van der Waals surface area (Å²) in [6.07, 6.45) is 5.35. The average molecular weight is 276 g/mol. The Morgan fingerprint density at radius 2 is 2.33 bits per heavy atom. The number of halogens is 1. The van der Waals surface area contributed by atoms with Crippen molar-refractivity contribution in [3.8, 4) is 0 Å². The quantitative estimate of drug-likeness (QED) is 0.857. The van der Waals surface area contributed by atoms with Crippen molar-refractivity contribution in [3.05, 3.63) is 11.7 Å². The number of hydrogen-bond acceptors (Lipinski definition) is 5. The van der Waals surface area contributed by atoms with E-state index in [1.54, 1.807) is 0 Å². The van der Waals surface area contributed by atoms with Crippen LogP contribution in [0.1, 0.15) is 37.9 Å². The summed E-state index contributed by atoms with van der Waals surface area (Å²) < 4.78 is 10.8. The maximum atomic E-state index is 5.56. The Bertz CT molecular complexity index is 340. The first-order chi connectivity index (χ1) is 8.28. The third-order valence-corrected chi connectivity index (χ3v) is 3.20. The molecule has 1 aromatic rings. The van der Waals surface area contributed by atoms with Crippen LogP contribution in [-0.2, 0) is 17.6 Å². The molecule has 1 fully saturated rings. The molecule has 5 nitrogen and oxygen atoms in total. The second kappa shape index (κ2) is 7.71. The number of rotatable bonds is 6. The zero-order valence-corrected chi connectivity index (χ0v) is 11.8. The van der Waals surface area contributed by atoms with Crippen molar-refractivity contribution >= 4 is 12.4 Å². The Kier molecular flexibility index (Phi) is 6.60. The molecule has 18 heavy (non-hydrogen) atoms. The highest BCUT2D eigenvalue weighted by atomic mass is 35.5. The first-order valence-electron chi connectivity index (χ1n) is 6.38. The molecule has 1 aliphatic heterocycles. The van der Waals surface area contributed by atoms with Gasteiger partial charge in [0.25, 0.3) is 0 Å². The maximum Gasteiger partial charge on any atom is 0.226 e. The molecule has 0 aromatic carbocycles. The summed E-state index contributed by atoms with van der Waals surface area (Å²) in [5, 5.41) is 7.14. The minimum Gasteiger partial charge on any atom is -0.378 e. The lowest BCUT2D eigenvalue weighted by Crippen LogP contribution is -2.24. The van der Waals surface area contributed by atoms with Crippen LogP contribution in [0.25, 0.3) is 0 Å². The molecule has 2 atom stereocenters. The van der Waals surface area contributed by atoms with Gasteiger partial charge in [-0.25, -0.2) is 0 Å². The Labute approximate surface area is 114 Å². The molecular formula is C12H22ClN3O2. The van der Waals surface area contributed by atoms with E-state index in [0.29, 0.717) is 12.1 Å². The van der Waals surface area contributed by atoms with E-state index in [1.807, 2.05) is 7.05 Å². The highest BCUT2D eigenvalue weighted by molar-refractivity contribution is 5.85. The number of nitrogens with one attached hydrogen (secondary N) is 1. The average Bonchev–Trinajstić information content (AvgIpc) is 2.97. The fraction of sp³-hybridized carbons (Fsp3) is 0.833. The van der Waals surface area contributed by atoms with Crippen molar-refractivity contribution < 1.29 is 9.26 Å². The molecule has 0 amide bonds. The van der Waals surface area contributed by atoms with Gasteiger partial charge >= 0.3 is 0 Å². The fourth-order valence-corrected chi connectivity index (χ4v) is 2.01. The molecule has 2 unspecified atom stereocenters. The van der Waals surface area contributed by atoms with Crippen LogP contribution in [0.5, 0.6) is 0 Å². The van der Waals surface area contributed by atoms with Crippen LogP contribution in [0.15, 0.2) is 4.52 Å². The van der Waals surface area contributed by atoms with Crippen LogP contribution in [0.4, 0.5) is 0 Å². The molecule has 2 heterocycles. The lowest BCUT2D eigenvalue weighted by molar-refractivity contribution is 0.102. The third-order valence-electron chi connectivity index (χ3n) is 3.20. The van der Waals surface area contributed by atoms with E-state index in [0.717, 1.165) is 44.0 Å². The van der Waals surface area contributed by atoms with E-state index >= 15 is 0 Å². The molecule has 2 rings (SSSR count). The Morgan fingerprint density at radius 1 is 1.50 bits per heavy atom. The fourth-order valence-electron chi connectivity index (χ4n) is 2.01. The third kappa shape index (κ3) is 4.55. The molecule has 1 aromatic heterocycles. The number of aromatic nitrogens is 2. The van der Waals surface area contributed by atoms with E-state index in [4.69, 9.17) is 9.26 Å². The zero-order valence-electron chi connectivity index (χ0n) is 11.0. The summed E-state index contributed by atoms with van der Waals surface area (Å²) in [4.78, 5) is 4.39. The largest absolute Gasteiger partial charge is 0.378 e. The first-order valence-corrected chi connectivity index (χ1v) is 6.38. The van der Waals surface area contributed by atoms with Crippen LogP contribution < -0.4 is 5.32 Å². The number of aryl methyl sites for hydroxylation is 1. The molecule has 1 aliphatic rings. The van der Waals surface area contributed by atoms with Crippen LogP contribution in [0, 0.1) is 0 Å². The molecule has 0 radical (unpaired) electrons. The maximum absolute atomic E-state index is 5.56. The van der Waals surface area contributed by atoms with Gasteiger partial charge < -0.3 is 14.6 Å². The van der Waals surface area contributed by atoms with E-state index in [1.165, 1.54) is 6.42 Å². The summed E-state index contributed by atoms with van der Waals surface area (Å²) in [6.45, 7) is 3.00. The smallest absolute Gasteiger partial charge is 0.226 e. The second-order valence-corrected chi connectivity index (χ2v) is 4.67.